The minimum absolute atomic E-state index is 0.0604. The van der Waals surface area contributed by atoms with Crippen LogP contribution in [0.4, 0.5) is 0 Å². The van der Waals surface area contributed by atoms with Gasteiger partial charge in [-0.2, -0.15) is 0 Å². The van der Waals surface area contributed by atoms with Gasteiger partial charge in [-0.25, -0.2) is 0 Å². The molecule has 0 aliphatic heterocycles. The highest BCUT2D eigenvalue weighted by atomic mass is 35.5. The van der Waals surface area contributed by atoms with Crippen molar-refractivity contribution in [1.82, 2.24) is 5.32 Å². The van der Waals surface area contributed by atoms with Gasteiger partial charge in [-0.15, -0.1) is 11.6 Å². The van der Waals surface area contributed by atoms with E-state index in [9.17, 15) is 4.79 Å². The molecule has 0 aliphatic carbocycles. The molecule has 1 rings (SSSR count). The molecule has 1 amide bonds. The van der Waals surface area contributed by atoms with E-state index >= 15 is 0 Å². The van der Waals surface area contributed by atoms with Crippen LogP contribution in [-0.2, 0) is 11.2 Å². The number of carbonyl (C=O) groups excluding carboxylic acids is 1. The second-order valence-corrected chi connectivity index (χ2v) is 4.97. The van der Waals surface area contributed by atoms with Crippen LogP contribution in [0.5, 0.6) is 0 Å². The zero-order valence-corrected chi connectivity index (χ0v) is 11.5. The molecule has 0 aliphatic rings. The van der Waals surface area contributed by atoms with Crippen LogP contribution in [0.1, 0.15) is 23.6 Å². The van der Waals surface area contributed by atoms with Gasteiger partial charge in [0.25, 0.3) is 0 Å². The predicted octanol–water partition coefficient (Wildman–Crippen LogP) is 2.84. The third kappa shape index (κ3) is 4.78. The van der Waals surface area contributed by atoms with E-state index in [4.69, 9.17) is 11.6 Å². The van der Waals surface area contributed by atoms with E-state index in [1.807, 2.05) is 13.0 Å². The third-order valence-electron chi connectivity index (χ3n) is 2.85. The van der Waals surface area contributed by atoms with E-state index in [-0.39, 0.29) is 5.91 Å². The van der Waals surface area contributed by atoms with Gasteiger partial charge in [-0.05, 0) is 36.5 Å². The number of hydrogen-bond acceptors (Lipinski definition) is 1. The van der Waals surface area contributed by atoms with Crippen molar-refractivity contribution < 1.29 is 4.79 Å². The lowest BCUT2D eigenvalue weighted by atomic mass is 10.0. The molecule has 0 saturated heterocycles. The Kier molecular flexibility index (Phi) is 5.49. The van der Waals surface area contributed by atoms with E-state index < -0.39 is 0 Å². The third-order valence-corrected chi connectivity index (χ3v) is 3.37. The molecule has 1 atom stereocenters. The fraction of sp³-hybridized carbons (Fsp3) is 0.500. The average Bonchev–Trinajstić information content (AvgIpc) is 2.31. The van der Waals surface area contributed by atoms with Crippen molar-refractivity contribution in [1.29, 1.82) is 0 Å². The van der Waals surface area contributed by atoms with Crippen LogP contribution in [0.25, 0.3) is 0 Å². The largest absolute Gasteiger partial charge is 0.356 e. The predicted molar refractivity (Wildman–Crippen MR) is 72.5 cm³/mol. The molecule has 2 nitrogen and oxygen atoms in total. The van der Waals surface area contributed by atoms with Crippen LogP contribution >= 0.6 is 11.6 Å². The first-order valence-electron chi connectivity index (χ1n) is 5.91. The fourth-order valence-electron chi connectivity index (χ4n) is 1.50. The number of carbonyl (C=O) groups is 1. The Morgan fingerprint density at radius 1 is 1.35 bits per heavy atom. The summed E-state index contributed by atoms with van der Waals surface area (Å²) in [6, 6.07) is 6.13. The van der Waals surface area contributed by atoms with Gasteiger partial charge >= 0.3 is 0 Å². The number of nitrogens with one attached hydrogen (secondary N) is 1. The first kappa shape index (κ1) is 14.0. The number of benzene rings is 1. The van der Waals surface area contributed by atoms with Gasteiger partial charge in [0.15, 0.2) is 0 Å². The first-order chi connectivity index (χ1) is 8.02. The Labute approximate surface area is 108 Å². The second kappa shape index (κ2) is 6.65. The van der Waals surface area contributed by atoms with Gasteiger partial charge in [-0.3, -0.25) is 4.79 Å². The summed E-state index contributed by atoms with van der Waals surface area (Å²) >= 11 is 5.68. The van der Waals surface area contributed by atoms with Crippen molar-refractivity contribution in [2.75, 3.05) is 12.4 Å². The maximum atomic E-state index is 11.7. The Morgan fingerprint density at radius 3 is 2.65 bits per heavy atom. The minimum Gasteiger partial charge on any atom is -0.356 e. The van der Waals surface area contributed by atoms with Crippen LogP contribution in [0.2, 0.25) is 0 Å². The Balaban J connectivity index is 2.48. The molecule has 1 N–H and O–H groups in total. The van der Waals surface area contributed by atoms with Crippen LogP contribution in [-0.4, -0.2) is 18.3 Å². The Morgan fingerprint density at radius 2 is 2.06 bits per heavy atom. The van der Waals surface area contributed by atoms with Crippen LogP contribution in [0.3, 0.4) is 0 Å². The molecular weight excluding hydrogens is 234 g/mol. The number of amides is 1. The zero-order valence-electron chi connectivity index (χ0n) is 10.7. The lowest BCUT2D eigenvalue weighted by molar-refractivity contribution is -0.120. The lowest BCUT2D eigenvalue weighted by Gasteiger charge is -2.10. The quantitative estimate of drug-likeness (QED) is 0.804. The highest BCUT2D eigenvalue weighted by molar-refractivity contribution is 6.18. The van der Waals surface area contributed by atoms with Gasteiger partial charge < -0.3 is 5.32 Å². The topological polar surface area (TPSA) is 29.1 Å². The normalized spacial score (nSPS) is 12.2. The highest BCUT2D eigenvalue weighted by Crippen LogP contribution is 2.10. The van der Waals surface area contributed by atoms with Gasteiger partial charge in [0.1, 0.15) is 0 Å². The van der Waals surface area contributed by atoms with Gasteiger partial charge in [-0.1, -0.05) is 25.1 Å². The van der Waals surface area contributed by atoms with Crippen molar-refractivity contribution in [3.05, 3.63) is 34.9 Å². The van der Waals surface area contributed by atoms with Crippen LogP contribution in [0, 0.1) is 19.8 Å². The first-order valence-corrected chi connectivity index (χ1v) is 6.45. The number of alkyl halides is 1. The van der Waals surface area contributed by atoms with E-state index in [1.54, 1.807) is 0 Å². The summed E-state index contributed by atoms with van der Waals surface area (Å²) < 4.78 is 0. The Hall–Kier alpha value is -1.02. The van der Waals surface area contributed by atoms with Crippen molar-refractivity contribution in [3.8, 4) is 0 Å². The molecule has 0 radical (unpaired) electrons. The molecule has 0 heterocycles. The van der Waals surface area contributed by atoms with Gasteiger partial charge in [0.2, 0.25) is 5.91 Å². The molecular formula is C14H20ClNO. The molecule has 0 saturated carbocycles. The summed E-state index contributed by atoms with van der Waals surface area (Å²) in [4.78, 5) is 11.7. The summed E-state index contributed by atoms with van der Waals surface area (Å²) in [6.07, 6.45) is 0.441. The Bertz CT molecular complexity index is 390. The van der Waals surface area contributed by atoms with Crippen molar-refractivity contribution in [3.63, 3.8) is 0 Å². The number of aryl methyl sites for hydroxylation is 2. The smallest absolute Gasteiger partial charge is 0.224 e. The number of hydrogen-bond donors (Lipinski definition) is 1. The maximum Gasteiger partial charge on any atom is 0.224 e. The highest BCUT2D eigenvalue weighted by Gasteiger charge is 2.06. The summed E-state index contributed by atoms with van der Waals surface area (Å²) in [6.45, 7) is 6.80. The molecule has 0 aromatic heterocycles. The van der Waals surface area contributed by atoms with Crippen molar-refractivity contribution in [2.24, 2.45) is 5.92 Å². The van der Waals surface area contributed by atoms with Crippen molar-refractivity contribution in [2.45, 2.75) is 27.2 Å². The van der Waals surface area contributed by atoms with E-state index in [1.165, 1.54) is 11.1 Å². The molecule has 3 heteroatoms. The van der Waals surface area contributed by atoms with Gasteiger partial charge in [0.05, 0.1) is 6.42 Å². The number of halogens is 1. The standard InChI is InChI=1S/C14H20ClNO/c1-10(8-15)9-16-14(17)7-13-5-4-11(2)12(3)6-13/h4-6,10H,7-9H2,1-3H3,(H,16,17). The molecule has 1 unspecified atom stereocenters. The number of rotatable bonds is 5. The average molecular weight is 254 g/mol. The van der Waals surface area contributed by atoms with E-state index in [0.717, 1.165) is 5.56 Å². The van der Waals surface area contributed by atoms with Crippen molar-refractivity contribution >= 4 is 17.5 Å². The lowest BCUT2D eigenvalue weighted by Crippen LogP contribution is -2.30. The summed E-state index contributed by atoms with van der Waals surface area (Å²) in [5.41, 5.74) is 3.54. The molecule has 0 bridgehead atoms. The fourth-order valence-corrected chi connectivity index (χ4v) is 1.61. The van der Waals surface area contributed by atoms with Crippen LogP contribution < -0.4 is 5.32 Å². The maximum absolute atomic E-state index is 11.7. The van der Waals surface area contributed by atoms with Gasteiger partial charge in [0, 0.05) is 12.4 Å². The summed E-state index contributed by atoms with van der Waals surface area (Å²) in [5.74, 6) is 0.954. The minimum atomic E-state index is 0.0604. The SMILES string of the molecule is Cc1ccc(CC(=O)NCC(C)CCl)cc1C. The van der Waals surface area contributed by atoms with E-state index in [2.05, 4.69) is 31.3 Å². The molecule has 0 spiro atoms. The molecule has 1 aromatic rings. The zero-order chi connectivity index (χ0) is 12.8. The molecule has 0 fully saturated rings. The van der Waals surface area contributed by atoms with E-state index in [0.29, 0.717) is 24.8 Å². The van der Waals surface area contributed by atoms with Crippen LogP contribution in [0.15, 0.2) is 18.2 Å². The molecule has 17 heavy (non-hydrogen) atoms. The summed E-state index contributed by atoms with van der Waals surface area (Å²) in [5, 5.41) is 2.89. The summed E-state index contributed by atoms with van der Waals surface area (Å²) in [7, 11) is 0. The molecule has 94 valence electrons. The second-order valence-electron chi connectivity index (χ2n) is 4.66. The monoisotopic (exact) mass is 253 g/mol. The molecule has 1 aromatic carbocycles.